The lowest BCUT2D eigenvalue weighted by molar-refractivity contribution is -0.110. The topological polar surface area (TPSA) is 17.1 Å². The van der Waals surface area contributed by atoms with Crippen molar-refractivity contribution >= 4 is 26.7 Å². The van der Waals surface area contributed by atoms with Crippen molar-refractivity contribution in [1.82, 2.24) is 0 Å². The second-order valence-corrected chi connectivity index (χ2v) is 5.56. The molecule has 13 heavy (non-hydrogen) atoms. The van der Waals surface area contributed by atoms with Crippen molar-refractivity contribution in [2.24, 2.45) is 0 Å². The summed E-state index contributed by atoms with van der Waals surface area (Å²) in [7, 11) is 3.16. The van der Waals surface area contributed by atoms with Crippen LogP contribution in [0.4, 0.5) is 0 Å². The van der Waals surface area contributed by atoms with Gasteiger partial charge in [-0.1, -0.05) is 43.9 Å². The standard InChI is InChI=1S/C10H20OS2/c1-3-5-7-9-12-13-10(11)8-6-4-2/h3-9H2,1-2H3. The van der Waals surface area contributed by atoms with Crippen LogP contribution in [0.15, 0.2) is 0 Å². The van der Waals surface area contributed by atoms with E-state index >= 15 is 0 Å². The lowest BCUT2D eigenvalue weighted by Crippen LogP contribution is -1.88. The van der Waals surface area contributed by atoms with E-state index in [2.05, 4.69) is 13.8 Å². The Morgan fingerprint density at radius 2 is 1.77 bits per heavy atom. The van der Waals surface area contributed by atoms with Crippen LogP contribution in [0.2, 0.25) is 0 Å². The Bertz CT molecular complexity index is 126. The molecule has 0 aliphatic carbocycles. The number of carbonyl (C=O) groups is 1. The van der Waals surface area contributed by atoms with Crippen molar-refractivity contribution in [3.05, 3.63) is 0 Å². The van der Waals surface area contributed by atoms with Crippen LogP contribution in [0.25, 0.3) is 0 Å². The minimum atomic E-state index is 0.350. The fraction of sp³-hybridized carbons (Fsp3) is 0.900. The van der Waals surface area contributed by atoms with Crippen LogP contribution in [0.1, 0.15) is 52.4 Å². The summed E-state index contributed by atoms with van der Waals surface area (Å²) in [6, 6.07) is 0. The fourth-order valence-corrected chi connectivity index (χ4v) is 2.89. The second-order valence-electron chi connectivity index (χ2n) is 3.09. The van der Waals surface area contributed by atoms with Crippen LogP contribution in [0.5, 0.6) is 0 Å². The zero-order chi connectivity index (χ0) is 9.94. The van der Waals surface area contributed by atoms with Gasteiger partial charge in [-0.2, -0.15) is 0 Å². The molecule has 0 aliphatic rings. The third kappa shape index (κ3) is 10.3. The molecule has 0 fully saturated rings. The van der Waals surface area contributed by atoms with E-state index in [0.717, 1.165) is 25.0 Å². The molecular formula is C10H20OS2. The highest BCUT2D eigenvalue weighted by Crippen LogP contribution is 2.25. The molecule has 0 spiro atoms. The number of unbranched alkanes of at least 4 members (excludes halogenated alkanes) is 3. The molecule has 0 aromatic carbocycles. The maximum atomic E-state index is 11.2. The monoisotopic (exact) mass is 220 g/mol. The van der Waals surface area contributed by atoms with Gasteiger partial charge in [0.1, 0.15) is 0 Å². The lowest BCUT2D eigenvalue weighted by atomic mass is 10.3. The zero-order valence-corrected chi connectivity index (χ0v) is 10.3. The van der Waals surface area contributed by atoms with Crippen molar-refractivity contribution in [2.45, 2.75) is 52.4 Å². The Morgan fingerprint density at radius 3 is 2.38 bits per heavy atom. The Hall–Kier alpha value is 0.370. The molecule has 0 heterocycles. The predicted octanol–water partition coefficient (Wildman–Crippen LogP) is 4.27. The second kappa shape index (κ2) is 10.5. The van der Waals surface area contributed by atoms with E-state index in [1.807, 2.05) is 0 Å². The Labute approximate surface area is 89.8 Å². The van der Waals surface area contributed by atoms with Gasteiger partial charge in [0.05, 0.1) is 0 Å². The first-order valence-electron chi connectivity index (χ1n) is 5.13. The summed E-state index contributed by atoms with van der Waals surface area (Å²) in [6.45, 7) is 4.32. The zero-order valence-electron chi connectivity index (χ0n) is 8.67. The third-order valence-corrected chi connectivity index (χ3v) is 4.09. The van der Waals surface area contributed by atoms with Crippen molar-refractivity contribution in [1.29, 1.82) is 0 Å². The number of hydrogen-bond acceptors (Lipinski definition) is 3. The van der Waals surface area contributed by atoms with Crippen LogP contribution >= 0.6 is 21.6 Å². The van der Waals surface area contributed by atoms with E-state index in [-0.39, 0.29) is 0 Å². The van der Waals surface area contributed by atoms with Gasteiger partial charge in [0, 0.05) is 12.2 Å². The van der Waals surface area contributed by atoms with Crippen LogP contribution in [-0.4, -0.2) is 10.9 Å². The fourth-order valence-electron chi connectivity index (χ4n) is 0.881. The van der Waals surface area contributed by atoms with Crippen LogP contribution in [-0.2, 0) is 4.79 Å². The van der Waals surface area contributed by atoms with Crippen LogP contribution < -0.4 is 0 Å². The molecular weight excluding hydrogens is 200 g/mol. The van der Waals surface area contributed by atoms with E-state index in [1.165, 1.54) is 30.1 Å². The Kier molecular flexibility index (Phi) is 10.7. The van der Waals surface area contributed by atoms with E-state index in [1.54, 1.807) is 10.8 Å². The molecule has 0 radical (unpaired) electrons. The predicted molar refractivity (Wildman–Crippen MR) is 64.1 cm³/mol. The number of rotatable bonds is 8. The molecule has 0 aliphatic heterocycles. The third-order valence-electron chi connectivity index (χ3n) is 1.72. The van der Waals surface area contributed by atoms with Crippen LogP contribution in [0, 0.1) is 0 Å². The molecule has 0 aromatic rings. The normalized spacial score (nSPS) is 10.3. The van der Waals surface area contributed by atoms with Gasteiger partial charge in [-0.25, -0.2) is 0 Å². The Balaban J connectivity index is 3.08. The van der Waals surface area contributed by atoms with Gasteiger partial charge in [-0.3, -0.25) is 4.79 Å². The summed E-state index contributed by atoms with van der Waals surface area (Å²) in [5.41, 5.74) is 0. The summed E-state index contributed by atoms with van der Waals surface area (Å²) < 4.78 is 0. The van der Waals surface area contributed by atoms with Crippen molar-refractivity contribution in [3.63, 3.8) is 0 Å². The van der Waals surface area contributed by atoms with Gasteiger partial charge in [0.25, 0.3) is 0 Å². The van der Waals surface area contributed by atoms with E-state index in [9.17, 15) is 4.79 Å². The summed E-state index contributed by atoms with van der Waals surface area (Å²) in [5.74, 6) is 1.12. The van der Waals surface area contributed by atoms with E-state index in [4.69, 9.17) is 0 Å². The van der Waals surface area contributed by atoms with Gasteiger partial charge >= 0.3 is 0 Å². The quantitative estimate of drug-likeness (QED) is 0.449. The summed E-state index contributed by atoms with van der Waals surface area (Å²) in [5, 5.41) is 0.350. The van der Waals surface area contributed by atoms with Gasteiger partial charge in [0.15, 0.2) is 5.12 Å². The molecule has 0 rings (SSSR count). The number of carbonyl (C=O) groups excluding carboxylic acids is 1. The average Bonchev–Trinajstić information content (AvgIpc) is 2.14. The highest BCUT2D eigenvalue weighted by Gasteiger charge is 2.01. The molecule has 0 bridgehead atoms. The van der Waals surface area contributed by atoms with Crippen LogP contribution in [0.3, 0.4) is 0 Å². The minimum absolute atomic E-state index is 0.350. The first-order valence-corrected chi connectivity index (χ1v) is 7.45. The first-order chi connectivity index (χ1) is 6.31. The molecule has 0 atom stereocenters. The van der Waals surface area contributed by atoms with Crippen molar-refractivity contribution in [3.8, 4) is 0 Å². The summed E-state index contributed by atoms with van der Waals surface area (Å²) >= 11 is 0. The maximum Gasteiger partial charge on any atom is 0.199 e. The SMILES string of the molecule is CCCCCSSC(=O)CCCC. The molecule has 0 saturated heterocycles. The van der Waals surface area contributed by atoms with E-state index < -0.39 is 0 Å². The van der Waals surface area contributed by atoms with E-state index in [0.29, 0.717) is 5.12 Å². The molecule has 0 aromatic heterocycles. The molecule has 0 N–H and O–H groups in total. The summed E-state index contributed by atoms with van der Waals surface area (Å²) in [6.07, 6.45) is 6.71. The van der Waals surface area contributed by atoms with Gasteiger partial charge < -0.3 is 0 Å². The molecule has 0 amide bonds. The summed E-state index contributed by atoms with van der Waals surface area (Å²) in [4.78, 5) is 11.2. The lowest BCUT2D eigenvalue weighted by Gasteiger charge is -1.98. The molecule has 0 saturated carbocycles. The number of hydrogen-bond donors (Lipinski definition) is 0. The minimum Gasteiger partial charge on any atom is -0.286 e. The highest BCUT2D eigenvalue weighted by atomic mass is 33.1. The van der Waals surface area contributed by atoms with Gasteiger partial charge in [-0.15, -0.1) is 0 Å². The molecule has 78 valence electrons. The largest absolute Gasteiger partial charge is 0.286 e. The highest BCUT2D eigenvalue weighted by molar-refractivity contribution is 8.82. The molecule has 1 nitrogen and oxygen atoms in total. The maximum absolute atomic E-state index is 11.2. The first kappa shape index (κ1) is 13.4. The average molecular weight is 220 g/mol. The molecule has 3 heteroatoms. The Morgan fingerprint density at radius 1 is 1.08 bits per heavy atom. The van der Waals surface area contributed by atoms with Gasteiger partial charge in [-0.05, 0) is 23.6 Å². The molecule has 0 unspecified atom stereocenters. The smallest absolute Gasteiger partial charge is 0.199 e. The van der Waals surface area contributed by atoms with Crippen molar-refractivity contribution in [2.75, 3.05) is 5.75 Å². The van der Waals surface area contributed by atoms with Crippen molar-refractivity contribution < 1.29 is 4.79 Å². The van der Waals surface area contributed by atoms with Gasteiger partial charge in [0.2, 0.25) is 0 Å².